The Labute approximate surface area is 114 Å². The fourth-order valence-corrected chi connectivity index (χ4v) is 2.12. The van der Waals surface area contributed by atoms with E-state index in [1.807, 2.05) is 6.92 Å². The molecule has 2 heterocycles. The molecule has 0 aliphatic carbocycles. The molecule has 0 aliphatic rings. The average Bonchev–Trinajstić information content (AvgIpc) is 2.86. The molecule has 2 aromatic rings. The predicted octanol–water partition coefficient (Wildman–Crippen LogP) is 0.930. The Hall–Kier alpha value is -1.93. The molecule has 0 aromatic carbocycles. The zero-order valence-corrected chi connectivity index (χ0v) is 11.4. The van der Waals surface area contributed by atoms with Crippen LogP contribution in [0.1, 0.15) is 15.5 Å². The molecule has 8 heteroatoms. The van der Waals surface area contributed by atoms with Crippen molar-refractivity contribution in [2.75, 3.05) is 25.2 Å². The summed E-state index contributed by atoms with van der Waals surface area (Å²) in [6.45, 7) is 2.63. The number of methoxy groups -OCH3 is 1. The van der Waals surface area contributed by atoms with Crippen molar-refractivity contribution in [2.45, 2.75) is 6.92 Å². The minimum Gasteiger partial charge on any atom is -0.383 e. The Kier molecular flexibility index (Phi) is 4.48. The number of aryl methyl sites for hydroxylation is 1. The van der Waals surface area contributed by atoms with Gasteiger partial charge in [0.15, 0.2) is 0 Å². The lowest BCUT2D eigenvalue weighted by molar-refractivity contribution is 0.0970. The highest BCUT2D eigenvalue weighted by Crippen LogP contribution is 2.20. The van der Waals surface area contributed by atoms with E-state index in [-0.39, 0.29) is 11.6 Å². The van der Waals surface area contributed by atoms with Crippen LogP contribution in [0.4, 0.5) is 5.13 Å². The van der Waals surface area contributed by atoms with Gasteiger partial charge in [-0.2, -0.15) is 0 Å². The van der Waals surface area contributed by atoms with Gasteiger partial charge in [-0.1, -0.05) is 11.3 Å². The molecule has 100 valence electrons. The summed E-state index contributed by atoms with van der Waals surface area (Å²) in [5, 5.41) is 9.23. The fraction of sp³-hybridized carbons (Fsp3) is 0.364. The highest BCUT2D eigenvalue weighted by atomic mass is 32.1. The number of ether oxygens (including phenoxy) is 1. The number of hydrogen-bond donors (Lipinski definition) is 0. The minimum atomic E-state index is -0.263. The van der Waals surface area contributed by atoms with E-state index in [0.29, 0.717) is 18.3 Å². The summed E-state index contributed by atoms with van der Waals surface area (Å²) in [5.74, 6) is -0.263. The van der Waals surface area contributed by atoms with Crippen molar-refractivity contribution < 1.29 is 9.53 Å². The van der Waals surface area contributed by atoms with E-state index < -0.39 is 0 Å². The van der Waals surface area contributed by atoms with Crippen molar-refractivity contribution in [3.63, 3.8) is 0 Å². The molecule has 0 N–H and O–H groups in total. The number of carbonyl (C=O) groups is 1. The summed E-state index contributed by atoms with van der Waals surface area (Å²) in [7, 11) is 1.58. The molecule has 7 nitrogen and oxygen atoms in total. The number of amides is 1. The minimum absolute atomic E-state index is 0.263. The van der Waals surface area contributed by atoms with Gasteiger partial charge < -0.3 is 4.74 Å². The lowest BCUT2D eigenvalue weighted by Gasteiger charge is -2.17. The Bertz CT molecular complexity index is 545. The van der Waals surface area contributed by atoms with Crippen LogP contribution in [0, 0.1) is 6.92 Å². The van der Waals surface area contributed by atoms with Gasteiger partial charge in [0.1, 0.15) is 10.7 Å². The Morgan fingerprint density at radius 2 is 2.26 bits per heavy atom. The van der Waals surface area contributed by atoms with Crippen LogP contribution in [0.15, 0.2) is 18.6 Å². The third-order valence-corrected chi connectivity index (χ3v) is 3.15. The van der Waals surface area contributed by atoms with E-state index in [1.165, 1.54) is 34.8 Å². The molecule has 0 unspecified atom stereocenters. The molecule has 0 saturated heterocycles. The summed E-state index contributed by atoms with van der Waals surface area (Å²) < 4.78 is 5.01. The van der Waals surface area contributed by atoms with Gasteiger partial charge >= 0.3 is 0 Å². The predicted molar refractivity (Wildman–Crippen MR) is 70.2 cm³/mol. The quantitative estimate of drug-likeness (QED) is 0.810. The molecular weight excluding hydrogens is 266 g/mol. The van der Waals surface area contributed by atoms with Crippen LogP contribution >= 0.6 is 11.3 Å². The van der Waals surface area contributed by atoms with Crippen LogP contribution < -0.4 is 4.90 Å². The Balaban J connectivity index is 2.25. The summed E-state index contributed by atoms with van der Waals surface area (Å²) in [5.41, 5.74) is 0.270. The zero-order valence-electron chi connectivity index (χ0n) is 10.6. The van der Waals surface area contributed by atoms with E-state index in [9.17, 15) is 4.79 Å². The van der Waals surface area contributed by atoms with Gasteiger partial charge in [0, 0.05) is 19.5 Å². The maximum atomic E-state index is 12.4. The first-order valence-electron chi connectivity index (χ1n) is 5.59. The molecule has 2 rings (SSSR count). The third kappa shape index (κ3) is 3.30. The monoisotopic (exact) mass is 279 g/mol. The van der Waals surface area contributed by atoms with E-state index in [0.717, 1.165) is 5.01 Å². The molecule has 1 amide bonds. The van der Waals surface area contributed by atoms with Crippen LogP contribution in [-0.2, 0) is 4.74 Å². The molecular formula is C11H13N5O2S. The van der Waals surface area contributed by atoms with Gasteiger partial charge in [0.25, 0.3) is 5.91 Å². The van der Waals surface area contributed by atoms with Gasteiger partial charge in [0.05, 0.1) is 19.3 Å². The lowest BCUT2D eigenvalue weighted by Crippen LogP contribution is -2.34. The average molecular weight is 279 g/mol. The fourth-order valence-electron chi connectivity index (χ4n) is 1.41. The Morgan fingerprint density at radius 3 is 2.84 bits per heavy atom. The topological polar surface area (TPSA) is 81.1 Å². The van der Waals surface area contributed by atoms with Gasteiger partial charge in [-0.15, -0.1) is 10.2 Å². The molecule has 0 atom stereocenters. The molecule has 0 spiro atoms. The molecule has 0 saturated carbocycles. The van der Waals surface area contributed by atoms with Gasteiger partial charge in [-0.05, 0) is 6.92 Å². The Morgan fingerprint density at radius 1 is 1.42 bits per heavy atom. The first kappa shape index (κ1) is 13.5. The van der Waals surface area contributed by atoms with E-state index in [4.69, 9.17) is 4.74 Å². The van der Waals surface area contributed by atoms with Crippen molar-refractivity contribution >= 4 is 22.4 Å². The molecule has 0 aliphatic heterocycles. The van der Waals surface area contributed by atoms with Crippen molar-refractivity contribution in [3.8, 4) is 0 Å². The zero-order chi connectivity index (χ0) is 13.7. The number of anilines is 1. The summed E-state index contributed by atoms with van der Waals surface area (Å²) in [6.07, 6.45) is 4.43. The molecule has 2 aromatic heterocycles. The summed E-state index contributed by atoms with van der Waals surface area (Å²) in [4.78, 5) is 21.8. The van der Waals surface area contributed by atoms with Crippen molar-refractivity contribution in [3.05, 3.63) is 29.3 Å². The van der Waals surface area contributed by atoms with Gasteiger partial charge in [-0.3, -0.25) is 14.7 Å². The second kappa shape index (κ2) is 6.30. The van der Waals surface area contributed by atoms with Crippen molar-refractivity contribution in [1.29, 1.82) is 0 Å². The molecule has 19 heavy (non-hydrogen) atoms. The smallest absolute Gasteiger partial charge is 0.280 e. The van der Waals surface area contributed by atoms with Crippen LogP contribution in [0.3, 0.4) is 0 Å². The number of carbonyl (C=O) groups excluding carboxylic acids is 1. The molecule has 0 fully saturated rings. The SMILES string of the molecule is COCCN(C(=O)c1cnccn1)c1nnc(C)s1. The van der Waals surface area contributed by atoms with Crippen LogP contribution in [0.2, 0.25) is 0 Å². The van der Waals surface area contributed by atoms with Crippen LogP contribution in [0.5, 0.6) is 0 Å². The number of rotatable bonds is 5. The normalized spacial score (nSPS) is 10.4. The largest absolute Gasteiger partial charge is 0.383 e. The maximum absolute atomic E-state index is 12.4. The standard InChI is InChI=1S/C11H13N5O2S/c1-8-14-15-11(19-8)16(5-6-18-2)10(17)9-7-12-3-4-13-9/h3-4,7H,5-6H2,1-2H3. The number of hydrogen-bond acceptors (Lipinski definition) is 7. The van der Waals surface area contributed by atoms with Gasteiger partial charge in [0.2, 0.25) is 5.13 Å². The second-order valence-electron chi connectivity index (χ2n) is 3.64. The van der Waals surface area contributed by atoms with E-state index >= 15 is 0 Å². The third-order valence-electron chi connectivity index (χ3n) is 2.29. The highest BCUT2D eigenvalue weighted by Gasteiger charge is 2.21. The van der Waals surface area contributed by atoms with Crippen LogP contribution in [-0.4, -0.2) is 46.3 Å². The lowest BCUT2D eigenvalue weighted by atomic mass is 10.4. The molecule has 0 bridgehead atoms. The van der Waals surface area contributed by atoms with Gasteiger partial charge in [-0.25, -0.2) is 4.98 Å². The van der Waals surface area contributed by atoms with E-state index in [1.54, 1.807) is 7.11 Å². The first-order valence-corrected chi connectivity index (χ1v) is 6.41. The van der Waals surface area contributed by atoms with Crippen LogP contribution in [0.25, 0.3) is 0 Å². The highest BCUT2D eigenvalue weighted by molar-refractivity contribution is 7.15. The maximum Gasteiger partial charge on any atom is 0.280 e. The summed E-state index contributed by atoms with van der Waals surface area (Å²) >= 11 is 1.35. The molecule has 0 radical (unpaired) electrons. The number of aromatic nitrogens is 4. The van der Waals surface area contributed by atoms with Crippen molar-refractivity contribution in [2.24, 2.45) is 0 Å². The van der Waals surface area contributed by atoms with E-state index in [2.05, 4.69) is 20.2 Å². The summed E-state index contributed by atoms with van der Waals surface area (Å²) in [6, 6.07) is 0. The number of nitrogens with zero attached hydrogens (tertiary/aromatic N) is 5. The second-order valence-corrected chi connectivity index (χ2v) is 4.80. The first-order chi connectivity index (χ1) is 9.22. The van der Waals surface area contributed by atoms with Crippen molar-refractivity contribution in [1.82, 2.24) is 20.2 Å².